The number of ether oxygens (including phenoxy) is 1. The summed E-state index contributed by atoms with van der Waals surface area (Å²) in [6, 6.07) is 8.18. The predicted octanol–water partition coefficient (Wildman–Crippen LogP) is 2.82. The fraction of sp³-hybridized carbons (Fsp3) is 0.600. The summed E-state index contributed by atoms with van der Waals surface area (Å²) in [6.45, 7) is 5.20. The van der Waals surface area contributed by atoms with Crippen molar-refractivity contribution < 1.29 is 9.53 Å². The van der Waals surface area contributed by atoms with Crippen LogP contribution in [0.25, 0.3) is 11.0 Å². The maximum atomic E-state index is 12.5. The van der Waals surface area contributed by atoms with Crippen LogP contribution in [0, 0.1) is 0 Å². The van der Waals surface area contributed by atoms with E-state index in [4.69, 9.17) is 4.74 Å². The molecule has 1 aromatic heterocycles. The fourth-order valence-electron chi connectivity index (χ4n) is 4.03. The number of carbonyl (C=O) groups is 1. The molecular formula is C20H29N5O2. The van der Waals surface area contributed by atoms with E-state index in [1.165, 1.54) is 19.3 Å². The van der Waals surface area contributed by atoms with E-state index in [0.29, 0.717) is 5.95 Å². The number of rotatable bonds is 5. The van der Waals surface area contributed by atoms with Gasteiger partial charge in [-0.3, -0.25) is 10.2 Å². The zero-order valence-electron chi connectivity index (χ0n) is 15.8. The minimum Gasteiger partial charge on any atom is -0.379 e. The molecule has 0 radical (unpaired) electrons. The minimum absolute atomic E-state index is 0.148. The number of para-hydroxylation sites is 2. The number of nitrogens with zero attached hydrogens (tertiary/aromatic N) is 3. The van der Waals surface area contributed by atoms with Crippen LogP contribution in [0.3, 0.4) is 0 Å². The molecule has 1 aliphatic carbocycles. The second-order valence-electron chi connectivity index (χ2n) is 7.46. The van der Waals surface area contributed by atoms with Crippen molar-refractivity contribution >= 4 is 23.0 Å². The molecular weight excluding hydrogens is 342 g/mol. The van der Waals surface area contributed by atoms with E-state index >= 15 is 0 Å². The zero-order valence-corrected chi connectivity index (χ0v) is 15.8. The molecule has 1 saturated carbocycles. The summed E-state index contributed by atoms with van der Waals surface area (Å²) < 4.78 is 7.55. The van der Waals surface area contributed by atoms with Gasteiger partial charge < -0.3 is 14.6 Å². The summed E-state index contributed by atoms with van der Waals surface area (Å²) in [4.78, 5) is 19.6. The summed E-state index contributed by atoms with van der Waals surface area (Å²) in [7, 11) is 0. The van der Waals surface area contributed by atoms with E-state index in [1.807, 2.05) is 18.2 Å². The molecule has 1 saturated heterocycles. The van der Waals surface area contributed by atoms with E-state index in [9.17, 15) is 4.79 Å². The van der Waals surface area contributed by atoms with Crippen molar-refractivity contribution in [3.8, 4) is 0 Å². The normalized spacial score (nSPS) is 19.3. The van der Waals surface area contributed by atoms with Crippen LogP contribution in [0.1, 0.15) is 32.1 Å². The highest BCUT2D eigenvalue weighted by atomic mass is 16.5. The third-order valence-electron chi connectivity index (χ3n) is 5.56. The van der Waals surface area contributed by atoms with Gasteiger partial charge in [-0.1, -0.05) is 31.4 Å². The molecule has 2 aliphatic rings. The predicted molar refractivity (Wildman–Crippen MR) is 106 cm³/mol. The molecule has 0 bridgehead atoms. The van der Waals surface area contributed by atoms with E-state index in [2.05, 4.69) is 31.2 Å². The first-order chi connectivity index (χ1) is 13.3. The van der Waals surface area contributed by atoms with Crippen molar-refractivity contribution in [3.05, 3.63) is 24.3 Å². The Labute approximate surface area is 160 Å². The number of fused-ring (bicyclic) bond motifs is 1. The molecule has 2 heterocycles. The Morgan fingerprint density at radius 3 is 2.70 bits per heavy atom. The first-order valence-corrected chi connectivity index (χ1v) is 10.1. The van der Waals surface area contributed by atoms with Crippen LogP contribution in [-0.2, 0) is 11.3 Å². The van der Waals surface area contributed by atoms with Crippen LogP contribution < -0.4 is 10.6 Å². The summed E-state index contributed by atoms with van der Waals surface area (Å²) in [6.07, 6.45) is 5.81. The molecule has 0 unspecified atom stereocenters. The van der Waals surface area contributed by atoms with Crippen molar-refractivity contribution in [1.82, 2.24) is 19.8 Å². The molecule has 4 rings (SSSR count). The largest absolute Gasteiger partial charge is 0.379 e. The van der Waals surface area contributed by atoms with Crippen LogP contribution in [0.5, 0.6) is 0 Å². The molecule has 2 N–H and O–H groups in total. The highest BCUT2D eigenvalue weighted by molar-refractivity contribution is 5.90. The van der Waals surface area contributed by atoms with Gasteiger partial charge in [-0.15, -0.1) is 0 Å². The van der Waals surface area contributed by atoms with Crippen molar-refractivity contribution in [3.63, 3.8) is 0 Å². The summed E-state index contributed by atoms with van der Waals surface area (Å²) in [5.74, 6) is 0.623. The number of hydrogen-bond acceptors (Lipinski definition) is 4. The van der Waals surface area contributed by atoms with Crippen LogP contribution in [-0.4, -0.2) is 59.4 Å². The van der Waals surface area contributed by atoms with Crippen molar-refractivity contribution in [2.75, 3.05) is 38.2 Å². The molecule has 27 heavy (non-hydrogen) atoms. The van der Waals surface area contributed by atoms with Crippen molar-refractivity contribution in [2.45, 2.75) is 44.7 Å². The van der Waals surface area contributed by atoms with Gasteiger partial charge in [0.1, 0.15) is 0 Å². The van der Waals surface area contributed by atoms with Gasteiger partial charge in [0, 0.05) is 32.2 Å². The minimum atomic E-state index is -0.148. The molecule has 1 aliphatic heterocycles. The highest BCUT2D eigenvalue weighted by Gasteiger charge is 2.19. The summed E-state index contributed by atoms with van der Waals surface area (Å²) in [5.41, 5.74) is 1.96. The zero-order chi connectivity index (χ0) is 18.5. The summed E-state index contributed by atoms with van der Waals surface area (Å²) >= 11 is 0. The van der Waals surface area contributed by atoms with Crippen molar-refractivity contribution in [1.29, 1.82) is 0 Å². The van der Waals surface area contributed by atoms with E-state index in [-0.39, 0.29) is 12.1 Å². The number of amides is 2. The Bertz CT molecular complexity index is 763. The number of aromatic nitrogens is 2. The molecule has 2 amide bonds. The molecule has 2 aromatic rings. The van der Waals surface area contributed by atoms with Gasteiger partial charge in [0.05, 0.1) is 24.2 Å². The number of imidazole rings is 1. The van der Waals surface area contributed by atoms with E-state index in [1.54, 1.807) is 0 Å². The molecule has 7 heteroatoms. The second-order valence-corrected chi connectivity index (χ2v) is 7.46. The van der Waals surface area contributed by atoms with Crippen LogP contribution in [0.4, 0.5) is 10.7 Å². The Kier molecular flexibility index (Phi) is 5.89. The first-order valence-electron chi connectivity index (χ1n) is 10.1. The lowest BCUT2D eigenvalue weighted by Crippen LogP contribution is -2.40. The molecule has 2 fully saturated rings. The number of morpholine rings is 1. The third kappa shape index (κ3) is 4.59. The van der Waals surface area contributed by atoms with Crippen molar-refractivity contribution in [2.24, 2.45) is 0 Å². The van der Waals surface area contributed by atoms with Gasteiger partial charge in [-0.05, 0) is 25.0 Å². The number of urea groups is 1. The van der Waals surface area contributed by atoms with Crippen LogP contribution in [0.2, 0.25) is 0 Å². The highest BCUT2D eigenvalue weighted by Crippen LogP contribution is 2.21. The van der Waals surface area contributed by atoms with Crippen LogP contribution in [0.15, 0.2) is 24.3 Å². The van der Waals surface area contributed by atoms with Gasteiger partial charge >= 0.3 is 6.03 Å². The molecule has 0 atom stereocenters. The first kappa shape index (κ1) is 18.3. The SMILES string of the molecule is O=C(Nc1nc2ccccc2n1CCN1CCOCC1)NC1CCCCC1. The topological polar surface area (TPSA) is 71.4 Å². The lowest BCUT2D eigenvalue weighted by Gasteiger charge is -2.27. The van der Waals surface area contributed by atoms with Crippen LogP contribution >= 0.6 is 0 Å². The Hall–Kier alpha value is -2.12. The number of hydrogen-bond donors (Lipinski definition) is 2. The smallest absolute Gasteiger partial charge is 0.321 e. The van der Waals surface area contributed by atoms with Gasteiger partial charge in [-0.2, -0.15) is 0 Å². The lowest BCUT2D eigenvalue weighted by atomic mass is 9.96. The molecule has 146 valence electrons. The Morgan fingerprint density at radius 1 is 1.11 bits per heavy atom. The molecule has 0 spiro atoms. The Balaban J connectivity index is 1.46. The van der Waals surface area contributed by atoms with E-state index < -0.39 is 0 Å². The van der Waals surface area contributed by atoms with Gasteiger partial charge in [0.15, 0.2) is 0 Å². The second kappa shape index (κ2) is 8.71. The van der Waals surface area contributed by atoms with Gasteiger partial charge in [0.2, 0.25) is 5.95 Å². The summed E-state index contributed by atoms with van der Waals surface area (Å²) in [5, 5.41) is 6.11. The van der Waals surface area contributed by atoms with Gasteiger partial charge in [-0.25, -0.2) is 9.78 Å². The quantitative estimate of drug-likeness (QED) is 0.848. The fourth-order valence-corrected chi connectivity index (χ4v) is 4.03. The van der Waals surface area contributed by atoms with E-state index in [0.717, 1.165) is 63.3 Å². The maximum Gasteiger partial charge on any atom is 0.321 e. The monoisotopic (exact) mass is 371 g/mol. The lowest BCUT2D eigenvalue weighted by molar-refractivity contribution is 0.0366. The third-order valence-corrected chi connectivity index (χ3v) is 5.56. The molecule has 7 nitrogen and oxygen atoms in total. The number of nitrogens with one attached hydrogen (secondary N) is 2. The molecule has 1 aromatic carbocycles. The number of anilines is 1. The van der Waals surface area contributed by atoms with Gasteiger partial charge in [0.25, 0.3) is 0 Å². The maximum absolute atomic E-state index is 12.5. The number of benzene rings is 1. The average molecular weight is 371 g/mol. The average Bonchev–Trinajstić information content (AvgIpc) is 3.04. The Morgan fingerprint density at radius 2 is 1.89 bits per heavy atom. The standard InChI is InChI=1S/C20H29N5O2/c26-20(21-16-6-2-1-3-7-16)23-19-22-17-8-4-5-9-18(17)25(19)11-10-24-12-14-27-15-13-24/h4-5,8-9,16H,1-3,6-7,10-15H2,(H2,21,22,23,26). The number of carbonyl (C=O) groups excluding carboxylic acids is 1.